The molecular weight excluding hydrogens is 178 g/mol. The van der Waals surface area contributed by atoms with Gasteiger partial charge in [0.15, 0.2) is 0 Å². The molecule has 0 aliphatic rings. The number of para-hydroxylation sites is 1. The molecule has 0 saturated heterocycles. The van der Waals surface area contributed by atoms with Gasteiger partial charge >= 0.3 is 0 Å². The lowest BCUT2D eigenvalue weighted by Crippen LogP contribution is -2.12. The molecule has 0 radical (unpaired) electrons. The quantitative estimate of drug-likeness (QED) is 0.483. The highest BCUT2D eigenvalue weighted by atomic mass is 16.1. The van der Waals surface area contributed by atoms with Crippen LogP contribution < -0.4 is 10.6 Å². The number of hydrogen-bond donors (Lipinski definition) is 3. The summed E-state index contributed by atoms with van der Waals surface area (Å²) in [6, 6.07) is 9.48. The Morgan fingerprint density at radius 3 is 2.57 bits per heavy atom. The Bertz CT molecular complexity index is 332. The average molecular weight is 189 g/mol. The molecule has 4 nitrogen and oxygen atoms in total. The fourth-order valence-corrected chi connectivity index (χ4v) is 0.889. The second-order valence-corrected chi connectivity index (χ2v) is 2.52. The first-order valence-electron chi connectivity index (χ1n) is 4.09. The molecule has 1 rings (SSSR count). The van der Waals surface area contributed by atoms with Crippen molar-refractivity contribution in [2.75, 3.05) is 5.32 Å². The maximum absolute atomic E-state index is 10.1. The summed E-state index contributed by atoms with van der Waals surface area (Å²) in [4.78, 5) is 10.1. The molecule has 1 aromatic carbocycles. The van der Waals surface area contributed by atoms with Gasteiger partial charge in [-0.2, -0.15) is 0 Å². The molecule has 0 bridgehead atoms. The summed E-state index contributed by atoms with van der Waals surface area (Å²) in [6.45, 7) is 0. The third-order valence-electron chi connectivity index (χ3n) is 1.55. The second kappa shape index (κ2) is 5.53. The molecule has 1 aromatic rings. The molecular formula is C10H11N3O. The molecule has 14 heavy (non-hydrogen) atoms. The van der Waals surface area contributed by atoms with Gasteiger partial charge in [0.2, 0.25) is 6.41 Å². The topological polar surface area (TPSA) is 65.0 Å². The van der Waals surface area contributed by atoms with Gasteiger partial charge in [-0.3, -0.25) is 4.79 Å². The molecule has 0 fully saturated rings. The summed E-state index contributed by atoms with van der Waals surface area (Å²) in [5.74, 6) is 0. The lowest BCUT2D eigenvalue weighted by molar-refractivity contribution is -0.108. The second-order valence-electron chi connectivity index (χ2n) is 2.52. The fraction of sp³-hybridized carbons (Fsp3) is 0. The molecule has 3 N–H and O–H groups in total. The van der Waals surface area contributed by atoms with Crippen LogP contribution >= 0.6 is 0 Å². The molecule has 0 aliphatic carbocycles. The maximum atomic E-state index is 10.1. The molecule has 0 aromatic heterocycles. The van der Waals surface area contributed by atoms with Gasteiger partial charge < -0.3 is 16.0 Å². The Morgan fingerprint density at radius 2 is 2.00 bits per heavy atom. The van der Waals surface area contributed by atoms with Crippen molar-refractivity contribution < 1.29 is 4.79 Å². The zero-order chi connectivity index (χ0) is 10.2. The van der Waals surface area contributed by atoms with Crippen molar-refractivity contribution in [3.63, 3.8) is 0 Å². The van der Waals surface area contributed by atoms with E-state index in [1.807, 2.05) is 30.3 Å². The van der Waals surface area contributed by atoms with Crippen LogP contribution in [0.4, 0.5) is 5.69 Å². The molecule has 0 unspecified atom stereocenters. The van der Waals surface area contributed by atoms with E-state index < -0.39 is 0 Å². The number of hydrogen-bond acceptors (Lipinski definition) is 3. The summed E-state index contributed by atoms with van der Waals surface area (Å²) < 4.78 is 0. The molecule has 1 amide bonds. The summed E-state index contributed by atoms with van der Waals surface area (Å²) in [7, 11) is 0. The highest BCUT2D eigenvalue weighted by molar-refractivity contribution is 5.79. The molecule has 0 saturated carbocycles. The van der Waals surface area contributed by atoms with Crippen LogP contribution in [0.15, 0.2) is 42.2 Å². The number of allylic oxidation sites excluding steroid dienone is 1. The summed E-state index contributed by atoms with van der Waals surface area (Å²) in [6.07, 6.45) is 3.14. The van der Waals surface area contributed by atoms with Gasteiger partial charge in [0, 0.05) is 18.1 Å². The van der Waals surface area contributed by atoms with Gasteiger partial charge in [0.05, 0.1) is 5.70 Å². The minimum Gasteiger partial charge on any atom is -0.360 e. The van der Waals surface area contributed by atoms with Crippen molar-refractivity contribution in [1.82, 2.24) is 5.32 Å². The number of carbonyl (C=O) groups excluding carboxylic acids is 1. The third-order valence-corrected chi connectivity index (χ3v) is 1.55. The van der Waals surface area contributed by atoms with E-state index in [0.29, 0.717) is 12.1 Å². The van der Waals surface area contributed by atoms with Crippen molar-refractivity contribution in [1.29, 1.82) is 5.41 Å². The first kappa shape index (κ1) is 9.98. The van der Waals surface area contributed by atoms with Crippen LogP contribution in [0.1, 0.15) is 0 Å². The third kappa shape index (κ3) is 3.10. The summed E-state index contributed by atoms with van der Waals surface area (Å²) >= 11 is 0. The predicted octanol–water partition coefficient (Wildman–Crippen LogP) is 1.34. The van der Waals surface area contributed by atoms with Crippen molar-refractivity contribution >= 4 is 18.3 Å². The molecule has 0 aliphatic heterocycles. The first-order chi connectivity index (χ1) is 6.86. The van der Waals surface area contributed by atoms with E-state index in [0.717, 1.165) is 11.9 Å². The highest BCUT2D eigenvalue weighted by Crippen LogP contribution is 2.04. The fourth-order valence-electron chi connectivity index (χ4n) is 0.889. The number of amides is 1. The molecule has 0 heterocycles. The van der Waals surface area contributed by atoms with Crippen LogP contribution in [-0.2, 0) is 4.79 Å². The summed E-state index contributed by atoms with van der Waals surface area (Å²) in [5.41, 5.74) is 1.31. The Hall–Kier alpha value is -2.10. The van der Waals surface area contributed by atoms with E-state index in [9.17, 15) is 4.79 Å². The van der Waals surface area contributed by atoms with Crippen LogP contribution in [0.2, 0.25) is 0 Å². The Kier molecular flexibility index (Phi) is 3.94. The Morgan fingerprint density at radius 1 is 1.29 bits per heavy atom. The standard InChI is InChI=1S/C10H11N3O/c11-6-10(13-8-14)7-12-9-4-2-1-3-5-9/h1-8,11-12H,(H,13,14)/b10-7+,11-6?. The number of carbonyl (C=O) groups is 1. The van der Waals surface area contributed by atoms with Crippen molar-refractivity contribution in [3.8, 4) is 0 Å². The number of benzene rings is 1. The summed E-state index contributed by atoms with van der Waals surface area (Å²) in [5, 5.41) is 12.3. The van der Waals surface area contributed by atoms with Crippen molar-refractivity contribution in [3.05, 3.63) is 42.2 Å². The smallest absolute Gasteiger partial charge is 0.211 e. The number of nitrogens with one attached hydrogen (secondary N) is 3. The molecule has 4 heteroatoms. The van der Waals surface area contributed by atoms with Crippen LogP contribution in [-0.4, -0.2) is 12.6 Å². The van der Waals surface area contributed by atoms with E-state index in [4.69, 9.17) is 5.41 Å². The van der Waals surface area contributed by atoms with Crippen molar-refractivity contribution in [2.24, 2.45) is 0 Å². The van der Waals surface area contributed by atoms with Crippen LogP contribution in [0.5, 0.6) is 0 Å². The normalized spacial score (nSPS) is 10.4. The Balaban J connectivity index is 2.61. The van der Waals surface area contributed by atoms with E-state index in [1.54, 1.807) is 6.20 Å². The average Bonchev–Trinajstić information content (AvgIpc) is 2.25. The van der Waals surface area contributed by atoms with Gasteiger partial charge in [-0.05, 0) is 12.1 Å². The van der Waals surface area contributed by atoms with E-state index in [2.05, 4.69) is 10.6 Å². The van der Waals surface area contributed by atoms with E-state index in [1.165, 1.54) is 0 Å². The maximum Gasteiger partial charge on any atom is 0.211 e. The molecule has 0 spiro atoms. The monoisotopic (exact) mass is 189 g/mol. The van der Waals surface area contributed by atoms with Gasteiger partial charge in [-0.25, -0.2) is 0 Å². The zero-order valence-electron chi connectivity index (χ0n) is 7.53. The minimum atomic E-state index is 0.406. The van der Waals surface area contributed by atoms with Crippen molar-refractivity contribution in [2.45, 2.75) is 0 Å². The van der Waals surface area contributed by atoms with E-state index >= 15 is 0 Å². The minimum absolute atomic E-state index is 0.406. The largest absolute Gasteiger partial charge is 0.360 e. The van der Waals surface area contributed by atoms with Crippen LogP contribution in [0.25, 0.3) is 0 Å². The van der Waals surface area contributed by atoms with E-state index in [-0.39, 0.29) is 0 Å². The van der Waals surface area contributed by atoms with Gasteiger partial charge in [0.1, 0.15) is 0 Å². The van der Waals surface area contributed by atoms with Crippen LogP contribution in [0.3, 0.4) is 0 Å². The predicted molar refractivity (Wildman–Crippen MR) is 56.1 cm³/mol. The highest BCUT2D eigenvalue weighted by Gasteiger charge is 1.89. The van der Waals surface area contributed by atoms with Gasteiger partial charge in [-0.1, -0.05) is 18.2 Å². The first-order valence-corrected chi connectivity index (χ1v) is 4.09. The lowest BCUT2D eigenvalue weighted by atomic mass is 10.3. The Labute approximate surface area is 82.1 Å². The molecule has 72 valence electrons. The molecule has 0 atom stereocenters. The van der Waals surface area contributed by atoms with Gasteiger partial charge in [-0.15, -0.1) is 0 Å². The van der Waals surface area contributed by atoms with Crippen LogP contribution in [0, 0.1) is 5.41 Å². The number of anilines is 1. The number of rotatable bonds is 5. The lowest BCUT2D eigenvalue weighted by Gasteiger charge is -2.01. The zero-order valence-corrected chi connectivity index (χ0v) is 7.53. The van der Waals surface area contributed by atoms with Gasteiger partial charge in [0.25, 0.3) is 0 Å². The SMILES string of the molecule is N=C/C(=C\Nc1ccccc1)NC=O.